The smallest absolute Gasteiger partial charge is 0.326 e. The Morgan fingerprint density at radius 2 is 1.53 bits per heavy atom. The van der Waals surface area contributed by atoms with Crippen LogP contribution in [0.5, 0.6) is 0 Å². The van der Waals surface area contributed by atoms with Crippen LogP contribution in [0.15, 0.2) is 12.5 Å². The molecule has 0 saturated carbocycles. The summed E-state index contributed by atoms with van der Waals surface area (Å²) in [5.74, 6) is -6.52. The number of rotatable bonds is 17. The molecule has 1 rings (SSSR count). The third-order valence-electron chi connectivity index (χ3n) is 4.94. The summed E-state index contributed by atoms with van der Waals surface area (Å²) in [5.41, 5.74) is 16.4. The Morgan fingerprint density at radius 3 is 2.06 bits per heavy atom. The van der Waals surface area contributed by atoms with Crippen molar-refractivity contribution in [3.63, 3.8) is 0 Å². The summed E-state index contributed by atoms with van der Waals surface area (Å²) in [6.45, 7) is 0.346. The van der Waals surface area contributed by atoms with Crippen LogP contribution in [0.1, 0.15) is 37.8 Å². The van der Waals surface area contributed by atoms with Gasteiger partial charge < -0.3 is 48.3 Å². The molecule has 200 valence electrons. The number of carbonyl (C=O) groups is 6. The predicted octanol–water partition coefficient (Wildman–Crippen LogP) is -3.70. The minimum atomic E-state index is -1.66. The van der Waals surface area contributed by atoms with Gasteiger partial charge in [0.2, 0.25) is 23.6 Å². The second kappa shape index (κ2) is 15.0. The van der Waals surface area contributed by atoms with Gasteiger partial charge in [0, 0.05) is 18.3 Å². The molecule has 4 unspecified atom stereocenters. The fourth-order valence-corrected chi connectivity index (χ4v) is 3.09. The van der Waals surface area contributed by atoms with Gasteiger partial charge >= 0.3 is 11.9 Å². The van der Waals surface area contributed by atoms with E-state index in [2.05, 4.69) is 25.9 Å². The predicted molar refractivity (Wildman–Crippen MR) is 123 cm³/mol. The molecule has 4 atom stereocenters. The largest absolute Gasteiger partial charge is 0.481 e. The summed E-state index contributed by atoms with van der Waals surface area (Å²) in [4.78, 5) is 78.4. The van der Waals surface area contributed by atoms with Gasteiger partial charge in [-0.25, -0.2) is 9.78 Å². The van der Waals surface area contributed by atoms with Gasteiger partial charge in [0.15, 0.2) is 0 Å². The van der Waals surface area contributed by atoms with E-state index in [-0.39, 0.29) is 12.8 Å². The Hall–Kier alpha value is -4.05. The summed E-state index contributed by atoms with van der Waals surface area (Å²) in [5, 5.41) is 25.4. The van der Waals surface area contributed by atoms with Gasteiger partial charge in [-0.2, -0.15) is 0 Å². The number of carboxylic acid groups (broad SMARTS) is 2. The molecular formula is C20H32N8O8. The van der Waals surface area contributed by atoms with Crippen LogP contribution in [0.4, 0.5) is 0 Å². The molecule has 0 spiro atoms. The molecular weight excluding hydrogens is 480 g/mol. The molecule has 1 aromatic rings. The van der Waals surface area contributed by atoms with E-state index in [1.807, 2.05) is 0 Å². The molecule has 0 bridgehead atoms. The van der Waals surface area contributed by atoms with Crippen molar-refractivity contribution in [2.75, 3.05) is 6.54 Å². The van der Waals surface area contributed by atoms with E-state index in [4.69, 9.17) is 22.3 Å². The molecule has 0 aliphatic carbocycles. The molecule has 0 aromatic carbocycles. The Kier molecular flexibility index (Phi) is 12.5. The summed E-state index contributed by atoms with van der Waals surface area (Å²) < 4.78 is 0. The van der Waals surface area contributed by atoms with Gasteiger partial charge in [-0.3, -0.25) is 24.0 Å². The maximum Gasteiger partial charge on any atom is 0.326 e. The van der Waals surface area contributed by atoms with E-state index in [0.717, 1.165) is 0 Å². The monoisotopic (exact) mass is 512 g/mol. The zero-order valence-electron chi connectivity index (χ0n) is 19.4. The molecule has 36 heavy (non-hydrogen) atoms. The van der Waals surface area contributed by atoms with E-state index in [1.54, 1.807) is 0 Å². The van der Waals surface area contributed by atoms with Gasteiger partial charge in [-0.1, -0.05) is 0 Å². The first-order valence-corrected chi connectivity index (χ1v) is 11.0. The molecule has 4 amide bonds. The molecule has 0 aliphatic rings. The van der Waals surface area contributed by atoms with Crippen molar-refractivity contribution in [3.8, 4) is 0 Å². The second-order valence-electron chi connectivity index (χ2n) is 7.96. The molecule has 1 heterocycles. The number of aliphatic carboxylic acids is 2. The number of amides is 4. The number of H-pyrrole nitrogens is 1. The summed E-state index contributed by atoms with van der Waals surface area (Å²) >= 11 is 0. The molecule has 12 N–H and O–H groups in total. The van der Waals surface area contributed by atoms with Crippen LogP contribution in [0.25, 0.3) is 0 Å². The fourth-order valence-electron chi connectivity index (χ4n) is 3.09. The Morgan fingerprint density at radius 1 is 0.917 bits per heavy atom. The number of nitrogens with one attached hydrogen (secondary N) is 4. The van der Waals surface area contributed by atoms with Crippen LogP contribution < -0.4 is 33.2 Å². The van der Waals surface area contributed by atoms with Crippen LogP contribution in [0.2, 0.25) is 0 Å². The molecule has 0 aliphatic heterocycles. The third kappa shape index (κ3) is 10.9. The lowest BCUT2D eigenvalue weighted by Gasteiger charge is -2.24. The number of primary amides is 1. The number of hydrogen-bond donors (Lipinski definition) is 9. The van der Waals surface area contributed by atoms with Gasteiger partial charge in [0.25, 0.3) is 0 Å². The maximum atomic E-state index is 12.9. The number of aromatic nitrogens is 2. The minimum Gasteiger partial charge on any atom is -0.481 e. The third-order valence-corrected chi connectivity index (χ3v) is 4.94. The highest BCUT2D eigenvalue weighted by Crippen LogP contribution is 2.06. The zero-order chi connectivity index (χ0) is 27.3. The average molecular weight is 513 g/mol. The number of aromatic amines is 1. The van der Waals surface area contributed by atoms with E-state index in [9.17, 15) is 33.9 Å². The lowest BCUT2D eigenvalue weighted by atomic mass is 10.1. The quantitative estimate of drug-likeness (QED) is 0.0915. The highest BCUT2D eigenvalue weighted by atomic mass is 16.4. The van der Waals surface area contributed by atoms with Crippen LogP contribution in [-0.4, -0.2) is 86.5 Å². The number of carbonyl (C=O) groups excluding carboxylic acids is 4. The Balaban J connectivity index is 3.05. The van der Waals surface area contributed by atoms with Crippen LogP contribution in [0, 0.1) is 0 Å². The molecule has 16 nitrogen and oxygen atoms in total. The number of nitrogens with two attached hydrogens (primary N) is 3. The number of nitrogens with zero attached hydrogens (tertiary/aromatic N) is 1. The minimum absolute atomic E-state index is 0.0957. The zero-order valence-corrected chi connectivity index (χ0v) is 19.4. The average Bonchev–Trinajstić information content (AvgIpc) is 3.29. The Bertz CT molecular complexity index is 923. The van der Waals surface area contributed by atoms with Gasteiger partial charge in [0.05, 0.1) is 25.2 Å². The van der Waals surface area contributed by atoms with Crippen molar-refractivity contribution in [2.45, 2.75) is 62.7 Å². The maximum absolute atomic E-state index is 12.9. The summed E-state index contributed by atoms with van der Waals surface area (Å²) in [6.07, 6.45) is 2.22. The van der Waals surface area contributed by atoms with Crippen molar-refractivity contribution in [1.82, 2.24) is 25.9 Å². The van der Waals surface area contributed by atoms with Crippen LogP contribution in [-0.2, 0) is 35.2 Å². The first-order chi connectivity index (χ1) is 16.9. The number of unbranched alkanes of at least 4 members (excludes halogenated alkanes) is 1. The second-order valence-corrected chi connectivity index (χ2v) is 7.96. The van der Waals surface area contributed by atoms with Gasteiger partial charge in [-0.05, 0) is 25.8 Å². The molecule has 1 aromatic heterocycles. The van der Waals surface area contributed by atoms with E-state index in [0.29, 0.717) is 25.1 Å². The van der Waals surface area contributed by atoms with Crippen molar-refractivity contribution in [1.29, 1.82) is 0 Å². The standard InChI is InChI=1S/C20H32N8O8/c21-4-2-1-3-12(20(35)36)26-18(33)13(5-10-8-24-9-25-10)28-19(34)14(7-16(30)31)27-17(32)11(22)6-15(23)29/h8-9,11-14H,1-7,21-22H2,(H2,23,29)(H,24,25)(H,26,33)(H,27,32)(H,28,34)(H,30,31)(H,35,36). The number of hydrogen-bond acceptors (Lipinski definition) is 9. The van der Waals surface area contributed by atoms with E-state index < -0.39 is 72.6 Å². The first kappa shape index (κ1) is 30.0. The normalized spacial score (nSPS) is 14.1. The highest BCUT2D eigenvalue weighted by Gasteiger charge is 2.32. The summed E-state index contributed by atoms with van der Waals surface area (Å²) in [6, 6.07) is -5.71. The van der Waals surface area contributed by atoms with Crippen molar-refractivity contribution in [3.05, 3.63) is 18.2 Å². The number of carboxylic acids is 2. The van der Waals surface area contributed by atoms with Crippen molar-refractivity contribution >= 4 is 35.6 Å². The fraction of sp³-hybridized carbons (Fsp3) is 0.550. The van der Waals surface area contributed by atoms with Crippen molar-refractivity contribution in [2.24, 2.45) is 17.2 Å². The lowest BCUT2D eigenvalue weighted by molar-refractivity contribution is -0.143. The number of imidazole rings is 1. The van der Waals surface area contributed by atoms with Crippen LogP contribution >= 0.6 is 0 Å². The highest BCUT2D eigenvalue weighted by molar-refractivity contribution is 5.96. The Labute approximate surface area is 205 Å². The molecule has 16 heteroatoms. The lowest BCUT2D eigenvalue weighted by Crippen LogP contribution is -2.58. The summed E-state index contributed by atoms with van der Waals surface area (Å²) in [7, 11) is 0. The molecule has 0 saturated heterocycles. The topological polar surface area (TPSA) is 286 Å². The van der Waals surface area contributed by atoms with Gasteiger partial charge in [-0.15, -0.1) is 0 Å². The molecule has 0 radical (unpaired) electrons. The van der Waals surface area contributed by atoms with Crippen molar-refractivity contribution < 1.29 is 39.0 Å². The SMILES string of the molecule is NCCCCC(NC(=O)C(Cc1cnc[nH]1)NC(=O)C(CC(=O)O)NC(=O)C(N)CC(N)=O)C(=O)O. The molecule has 0 fully saturated rings. The van der Waals surface area contributed by atoms with E-state index in [1.165, 1.54) is 12.5 Å². The first-order valence-electron chi connectivity index (χ1n) is 11.0. The van der Waals surface area contributed by atoms with E-state index >= 15 is 0 Å². The van der Waals surface area contributed by atoms with Crippen LogP contribution in [0.3, 0.4) is 0 Å². The van der Waals surface area contributed by atoms with Gasteiger partial charge in [0.1, 0.15) is 18.1 Å².